The summed E-state index contributed by atoms with van der Waals surface area (Å²) in [6.45, 7) is 3.45. The zero-order valence-electron chi connectivity index (χ0n) is 11.3. The van der Waals surface area contributed by atoms with Crippen molar-refractivity contribution in [2.45, 2.75) is 13.5 Å². The van der Waals surface area contributed by atoms with Crippen molar-refractivity contribution in [2.75, 3.05) is 24.2 Å². The Morgan fingerprint density at radius 2 is 2.05 bits per heavy atom. The van der Waals surface area contributed by atoms with Crippen LogP contribution >= 0.6 is 0 Å². The van der Waals surface area contributed by atoms with Gasteiger partial charge in [0, 0.05) is 43.8 Å². The zero-order chi connectivity index (χ0) is 13.8. The van der Waals surface area contributed by atoms with Crippen LogP contribution in [0.15, 0.2) is 47.4 Å². The highest BCUT2D eigenvalue weighted by Crippen LogP contribution is 2.13. The number of anilines is 2. The summed E-state index contributed by atoms with van der Waals surface area (Å²) in [5.74, 6) is 0. The first kappa shape index (κ1) is 13.2. The van der Waals surface area contributed by atoms with Gasteiger partial charge in [-0.05, 0) is 30.7 Å². The van der Waals surface area contributed by atoms with E-state index in [1.807, 2.05) is 13.1 Å². The summed E-state index contributed by atoms with van der Waals surface area (Å²) in [5.41, 5.74) is 8.66. The number of hydrogen-bond donors (Lipinski definition) is 1. The van der Waals surface area contributed by atoms with E-state index in [0.717, 1.165) is 12.2 Å². The van der Waals surface area contributed by atoms with Crippen LogP contribution in [-0.2, 0) is 6.54 Å². The largest absolute Gasteiger partial charge is 0.398 e. The van der Waals surface area contributed by atoms with Gasteiger partial charge in [0.15, 0.2) is 0 Å². The van der Waals surface area contributed by atoms with Crippen molar-refractivity contribution in [1.29, 1.82) is 0 Å². The lowest BCUT2D eigenvalue weighted by Gasteiger charge is -2.20. The van der Waals surface area contributed by atoms with Crippen molar-refractivity contribution < 1.29 is 0 Å². The maximum atomic E-state index is 11.7. The summed E-state index contributed by atoms with van der Waals surface area (Å²) in [5, 5.41) is 0. The lowest BCUT2D eigenvalue weighted by molar-refractivity contribution is 0.662. The normalized spacial score (nSPS) is 10.4. The molecule has 1 heterocycles. The molecule has 2 rings (SSSR count). The number of benzene rings is 1. The monoisotopic (exact) mass is 257 g/mol. The zero-order valence-corrected chi connectivity index (χ0v) is 11.3. The fourth-order valence-electron chi connectivity index (χ4n) is 1.98. The minimum atomic E-state index is -0.0214. The van der Waals surface area contributed by atoms with Gasteiger partial charge in [-0.2, -0.15) is 0 Å². The third kappa shape index (κ3) is 3.37. The first-order chi connectivity index (χ1) is 9.06. The lowest BCUT2D eigenvalue weighted by atomic mass is 10.2. The second-order valence-electron chi connectivity index (χ2n) is 4.75. The highest BCUT2D eigenvalue weighted by molar-refractivity contribution is 5.47. The maximum Gasteiger partial charge on any atom is 0.250 e. The van der Waals surface area contributed by atoms with Crippen molar-refractivity contribution in [2.24, 2.45) is 0 Å². The highest BCUT2D eigenvalue weighted by atomic mass is 16.1. The fourth-order valence-corrected chi connectivity index (χ4v) is 1.98. The Morgan fingerprint density at radius 1 is 1.26 bits per heavy atom. The van der Waals surface area contributed by atoms with Crippen molar-refractivity contribution >= 4 is 11.4 Å². The van der Waals surface area contributed by atoms with E-state index in [1.165, 1.54) is 11.6 Å². The summed E-state index contributed by atoms with van der Waals surface area (Å²) < 4.78 is 1.64. The van der Waals surface area contributed by atoms with Crippen LogP contribution in [0, 0.1) is 6.92 Å². The molecule has 0 radical (unpaired) electrons. The van der Waals surface area contributed by atoms with E-state index < -0.39 is 0 Å². The smallest absolute Gasteiger partial charge is 0.250 e. The van der Waals surface area contributed by atoms with E-state index in [-0.39, 0.29) is 5.56 Å². The minimum absolute atomic E-state index is 0.0214. The summed E-state index contributed by atoms with van der Waals surface area (Å²) in [6, 6.07) is 11.4. The molecule has 0 aliphatic carbocycles. The number of nitrogens with two attached hydrogens (primary N) is 1. The van der Waals surface area contributed by atoms with Crippen molar-refractivity contribution in [3.05, 3.63) is 58.5 Å². The second kappa shape index (κ2) is 5.61. The van der Waals surface area contributed by atoms with Crippen LogP contribution in [0.4, 0.5) is 11.4 Å². The molecule has 2 aromatic rings. The SMILES string of the molecule is Cc1cccc(N(C)CCn2cc(N)ccc2=O)c1. The van der Waals surface area contributed by atoms with Gasteiger partial charge >= 0.3 is 0 Å². The average molecular weight is 257 g/mol. The summed E-state index contributed by atoms with van der Waals surface area (Å²) >= 11 is 0. The van der Waals surface area contributed by atoms with Crippen LogP contribution in [0.25, 0.3) is 0 Å². The summed E-state index contributed by atoms with van der Waals surface area (Å²) in [6.07, 6.45) is 1.69. The lowest BCUT2D eigenvalue weighted by Crippen LogP contribution is -2.28. The number of hydrogen-bond acceptors (Lipinski definition) is 3. The van der Waals surface area contributed by atoms with E-state index in [4.69, 9.17) is 5.73 Å². The standard InChI is InChI=1S/C15H19N3O/c1-12-4-3-5-14(10-12)17(2)8-9-18-11-13(16)6-7-15(18)19/h3-7,10-11H,8-9,16H2,1-2H3. The molecule has 0 bridgehead atoms. The number of aryl methyl sites for hydroxylation is 1. The number of nitrogen functional groups attached to an aromatic ring is 1. The number of likely N-dealkylation sites (N-methyl/N-ethyl adjacent to an activating group) is 1. The molecule has 0 atom stereocenters. The van der Waals surface area contributed by atoms with E-state index in [1.54, 1.807) is 16.8 Å². The van der Waals surface area contributed by atoms with Crippen LogP contribution in [0.2, 0.25) is 0 Å². The van der Waals surface area contributed by atoms with Crippen molar-refractivity contribution in [1.82, 2.24) is 4.57 Å². The first-order valence-electron chi connectivity index (χ1n) is 6.30. The number of rotatable bonds is 4. The van der Waals surface area contributed by atoms with Gasteiger partial charge in [-0.1, -0.05) is 12.1 Å². The molecular formula is C15H19N3O. The Kier molecular flexibility index (Phi) is 3.90. The fraction of sp³-hybridized carbons (Fsp3) is 0.267. The van der Waals surface area contributed by atoms with E-state index in [2.05, 4.69) is 30.0 Å². The molecule has 2 N–H and O–H groups in total. The molecule has 0 spiro atoms. The Labute approximate surface area is 113 Å². The molecule has 0 amide bonds. The first-order valence-corrected chi connectivity index (χ1v) is 6.30. The van der Waals surface area contributed by atoms with Gasteiger partial charge in [0.2, 0.25) is 0 Å². The molecule has 1 aromatic carbocycles. The minimum Gasteiger partial charge on any atom is -0.398 e. The number of aromatic nitrogens is 1. The molecule has 0 saturated heterocycles. The van der Waals surface area contributed by atoms with Gasteiger partial charge in [-0.25, -0.2) is 0 Å². The summed E-state index contributed by atoms with van der Waals surface area (Å²) in [4.78, 5) is 13.8. The molecule has 1 aromatic heterocycles. The molecular weight excluding hydrogens is 238 g/mol. The van der Waals surface area contributed by atoms with Crippen molar-refractivity contribution in [3.8, 4) is 0 Å². The molecule has 0 saturated carbocycles. The van der Waals surface area contributed by atoms with E-state index in [9.17, 15) is 4.79 Å². The predicted molar refractivity (Wildman–Crippen MR) is 79.6 cm³/mol. The summed E-state index contributed by atoms with van der Waals surface area (Å²) in [7, 11) is 2.02. The number of pyridine rings is 1. The van der Waals surface area contributed by atoms with Crippen LogP contribution in [0.3, 0.4) is 0 Å². The predicted octanol–water partition coefficient (Wildman–Crippen LogP) is 1.88. The second-order valence-corrected chi connectivity index (χ2v) is 4.75. The van der Waals surface area contributed by atoms with E-state index in [0.29, 0.717) is 12.2 Å². The molecule has 100 valence electrons. The van der Waals surface area contributed by atoms with Crippen LogP contribution in [0.1, 0.15) is 5.56 Å². The Balaban J connectivity index is 2.06. The molecule has 0 aliphatic rings. The maximum absolute atomic E-state index is 11.7. The molecule has 0 fully saturated rings. The van der Waals surface area contributed by atoms with Gasteiger partial charge in [-0.15, -0.1) is 0 Å². The Hall–Kier alpha value is -2.23. The van der Waals surface area contributed by atoms with Gasteiger partial charge in [0.1, 0.15) is 0 Å². The molecule has 4 nitrogen and oxygen atoms in total. The number of nitrogens with zero attached hydrogens (tertiary/aromatic N) is 2. The molecule has 0 aliphatic heterocycles. The quantitative estimate of drug-likeness (QED) is 0.909. The Bertz CT molecular complexity index is 619. The molecule has 19 heavy (non-hydrogen) atoms. The molecule has 4 heteroatoms. The topological polar surface area (TPSA) is 51.3 Å². The van der Waals surface area contributed by atoms with E-state index >= 15 is 0 Å². The van der Waals surface area contributed by atoms with Crippen molar-refractivity contribution in [3.63, 3.8) is 0 Å². The third-order valence-electron chi connectivity index (χ3n) is 3.13. The Morgan fingerprint density at radius 3 is 2.79 bits per heavy atom. The van der Waals surface area contributed by atoms with Gasteiger partial charge in [-0.3, -0.25) is 4.79 Å². The van der Waals surface area contributed by atoms with Gasteiger partial charge < -0.3 is 15.2 Å². The van der Waals surface area contributed by atoms with Crippen LogP contribution in [-0.4, -0.2) is 18.2 Å². The highest BCUT2D eigenvalue weighted by Gasteiger charge is 2.02. The van der Waals surface area contributed by atoms with Gasteiger partial charge in [0.05, 0.1) is 0 Å². The third-order valence-corrected chi connectivity index (χ3v) is 3.13. The van der Waals surface area contributed by atoms with Gasteiger partial charge in [0.25, 0.3) is 5.56 Å². The molecule has 0 unspecified atom stereocenters. The van der Waals surface area contributed by atoms with Crippen LogP contribution < -0.4 is 16.2 Å². The average Bonchev–Trinajstić information content (AvgIpc) is 2.39. The van der Waals surface area contributed by atoms with Crippen LogP contribution in [0.5, 0.6) is 0 Å².